The van der Waals surface area contributed by atoms with E-state index in [1.807, 2.05) is 53.1 Å². The summed E-state index contributed by atoms with van der Waals surface area (Å²) in [6.45, 7) is 4.16. The van der Waals surface area contributed by atoms with Gasteiger partial charge in [-0.2, -0.15) is 0 Å². The van der Waals surface area contributed by atoms with Crippen LogP contribution in [0.3, 0.4) is 0 Å². The maximum Gasteiger partial charge on any atom is 0.216 e. The Morgan fingerprint density at radius 3 is 2.41 bits per heavy atom. The Labute approximate surface area is 192 Å². The van der Waals surface area contributed by atoms with E-state index in [1.165, 1.54) is 24.2 Å². The summed E-state index contributed by atoms with van der Waals surface area (Å²) in [5, 5.41) is 12.2. The van der Waals surface area contributed by atoms with Crippen molar-refractivity contribution in [2.24, 2.45) is 0 Å². The molecule has 0 unspecified atom stereocenters. The molecule has 1 heterocycles. The summed E-state index contributed by atoms with van der Waals surface area (Å²) in [5.41, 5.74) is 2.80. The van der Waals surface area contributed by atoms with E-state index < -0.39 is 0 Å². The van der Waals surface area contributed by atoms with Crippen LogP contribution < -0.4 is 10.1 Å². The maximum absolute atomic E-state index is 12.7. The molecule has 0 fully saturated rings. The van der Waals surface area contributed by atoms with E-state index in [2.05, 4.69) is 22.4 Å². The van der Waals surface area contributed by atoms with Crippen LogP contribution in [0.2, 0.25) is 0 Å². The summed E-state index contributed by atoms with van der Waals surface area (Å²) in [6.07, 6.45) is 2.33. The quantitative estimate of drug-likeness (QED) is 0.270. The molecule has 0 atom stereocenters. The minimum absolute atomic E-state index is 0.0501. The number of nitrogens with one attached hydrogen (secondary N) is 1. The molecule has 2 aromatic carbocycles. The lowest BCUT2D eigenvalue weighted by atomic mass is 10.1. The zero-order valence-corrected chi connectivity index (χ0v) is 19.4. The molecule has 168 valence electrons. The number of aryl methyl sites for hydroxylation is 2. The third-order valence-electron chi connectivity index (χ3n) is 5.00. The Balaban J connectivity index is 1.77. The number of aromatic nitrogens is 3. The van der Waals surface area contributed by atoms with Crippen molar-refractivity contribution >= 4 is 23.5 Å². The van der Waals surface area contributed by atoms with Gasteiger partial charge in [0.1, 0.15) is 11.6 Å². The maximum atomic E-state index is 12.7. The summed E-state index contributed by atoms with van der Waals surface area (Å²) in [7, 11) is 1.63. The number of benzene rings is 2. The van der Waals surface area contributed by atoms with Crippen LogP contribution >= 0.6 is 11.8 Å². The fraction of sp³-hybridized carbons (Fsp3) is 0.333. The normalized spacial score (nSPS) is 10.7. The topological polar surface area (TPSA) is 86.1 Å². The highest BCUT2D eigenvalue weighted by molar-refractivity contribution is 7.99. The van der Waals surface area contributed by atoms with E-state index >= 15 is 0 Å². The molecule has 0 bridgehead atoms. The van der Waals surface area contributed by atoms with Crippen molar-refractivity contribution in [2.45, 2.75) is 38.3 Å². The molecule has 32 heavy (non-hydrogen) atoms. The smallest absolute Gasteiger partial charge is 0.216 e. The number of ketones is 1. The van der Waals surface area contributed by atoms with Crippen molar-refractivity contribution in [3.63, 3.8) is 0 Å². The number of nitrogens with zero attached hydrogens (tertiary/aromatic N) is 3. The molecule has 0 saturated carbocycles. The largest absolute Gasteiger partial charge is 0.497 e. The zero-order valence-electron chi connectivity index (χ0n) is 18.6. The fourth-order valence-corrected chi connectivity index (χ4v) is 4.06. The predicted octanol–water partition coefficient (Wildman–Crippen LogP) is 3.88. The molecule has 7 nitrogen and oxygen atoms in total. The van der Waals surface area contributed by atoms with Crippen LogP contribution in [0.1, 0.15) is 42.0 Å². The molecule has 1 N–H and O–H groups in total. The zero-order chi connectivity index (χ0) is 22.9. The van der Waals surface area contributed by atoms with E-state index in [-0.39, 0.29) is 17.4 Å². The second-order valence-corrected chi connectivity index (χ2v) is 8.22. The number of hydrogen-bond acceptors (Lipinski definition) is 6. The Morgan fingerprint density at radius 1 is 1.06 bits per heavy atom. The molecule has 0 aliphatic rings. The second kappa shape index (κ2) is 11.5. The standard InChI is InChI=1S/C24H28N4O3S/c1-4-18-7-9-19(10-8-18)22(30)16-32-24-27-26-23(6-5-15-25-17(2)29)28(24)20-11-13-21(31-3)14-12-20/h7-14H,4-6,15-16H2,1-3H3,(H,25,29). The van der Waals surface area contributed by atoms with Gasteiger partial charge in [0.25, 0.3) is 0 Å². The van der Waals surface area contributed by atoms with Crippen LogP contribution in [-0.2, 0) is 17.6 Å². The molecule has 0 aliphatic heterocycles. The number of ether oxygens (including phenoxy) is 1. The molecule has 1 amide bonds. The van der Waals surface area contributed by atoms with E-state index in [0.29, 0.717) is 23.7 Å². The van der Waals surface area contributed by atoms with Crippen molar-refractivity contribution in [1.29, 1.82) is 0 Å². The number of carbonyl (C=O) groups is 2. The first-order chi connectivity index (χ1) is 15.5. The van der Waals surface area contributed by atoms with E-state index in [4.69, 9.17) is 4.74 Å². The number of thioether (sulfide) groups is 1. The lowest BCUT2D eigenvalue weighted by Gasteiger charge is -2.11. The summed E-state index contributed by atoms with van der Waals surface area (Å²) in [6, 6.07) is 15.4. The summed E-state index contributed by atoms with van der Waals surface area (Å²) in [4.78, 5) is 23.8. The Bertz CT molecular complexity index is 1050. The van der Waals surface area contributed by atoms with E-state index in [1.54, 1.807) is 7.11 Å². The number of amides is 1. The van der Waals surface area contributed by atoms with Gasteiger partial charge in [0, 0.05) is 31.1 Å². The summed E-state index contributed by atoms with van der Waals surface area (Å²) in [5.74, 6) is 1.81. The molecular weight excluding hydrogens is 424 g/mol. The van der Waals surface area contributed by atoms with E-state index in [9.17, 15) is 9.59 Å². The lowest BCUT2D eigenvalue weighted by molar-refractivity contribution is -0.118. The number of Topliss-reactive ketones (excluding diaryl/α,β-unsaturated/α-hetero) is 1. The van der Waals surface area contributed by atoms with Crippen molar-refractivity contribution in [1.82, 2.24) is 20.1 Å². The first-order valence-electron chi connectivity index (χ1n) is 10.6. The minimum Gasteiger partial charge on any atom is -0.497 e. The predicted molar refractivity (Wildman–Crippen MR) is 126 cm³/mol. The van der Waals surface area contributed by atoms with Crippen molar-refractivity contribution in [3.8, 4) is 11.4 Å². The average Bonchev–Trinajstić information content (AvgIpc) is 3.23. The molecule has 1 aromatic heterocycles. The molecule has 0 saturated heterocycles. The van der Waals surface area contributed by atoms with Crippen LogP contribution in [0.15, 0.2) is 53.7 Å². The third kappa shape index (κ3) is 6.20. The highest BCUT2D eigenvalue weighted by Gasteiger charge is 2.16. The molecule has 0 radical (unpaired) electrons. The van der Waals surface area contributed by atoms with E-state index in [0.717, 1.165) is 30.1 Å². The van der Waals surface area contributed by atoms with Gasteiger partial charge in [-0.05, 0) is 42.7 Å². The van der Waals surface area contributed by atoms with Crippen LogP contribution in [-0.4, -0.2) is 45.9 Å². The number of methoxy groups -OCH3 is 1. The average molecular weight is 453 g/mol. The molecule has 0 aliphatic carbocycles. The van der Waals surface area contributed by atoms with Crippen molar-refractivity contribution < 1.29 is 14.3 Å². The lowest BCUT2D eigenvalue weighted by Crippen LogP contribution is -2.21. The first-order valence-corrected chi connectivity index (χ1v) is 11.6. The Hall–Kier alpha value is -3.13. The Kier molecular flexibility index (Phi) is 8.44. The van der Waals surface area contributed by atoms with Gasteiger partial charge in [-0.3, -0.25) is 14.2 Å². The SMILES string of the molecule is CCc1ccc(C(=O)CSc2nnc(CCCNC(C)=O)n2-c2ccc(OC)cc2)cc1. The third-order valence-corrected chi connectivity index (χ3v) is 5.93. The van der Waals surface area contributed by atoms with Gasteiger partial charge in [0.05, 0.1) is 12.9 Å². The van der Waals surface area contributed by atoms with Gasteiger partial charge in [-0.25, -0.2) is 0 Å². The van der Waals surface area contributed by atoms with Crippen LogP contribution in [0.5, 0.6) is 5.75 Å². The van der Waals surface area contributed by atoms with Gasteiger partial charge in [0.15, 0.2) is 10.9 Å². The highest BCUT2D eigenvalue weighted by Crippen LogP contribution is 2.25. The van der Waals surface area contributed by atoms with Crippen molar-refractivity contribution in [2.75, 3.05) is 19.4 Å². The molecular formula is C24H28N4O3S. The van der Waals surface area contributed by atoms with Gasteiger partial charge in [-0.1, -0.05) is 43.0 Å². The van der Waals surface area contributed by atoms with Gasteiger partial charge < -0.3 is 10.1 Å². The van der Waals surface area contributed by atoms with Crippen LogP contribution in [0.25, 0.3) is 5.69 Å². The van der Waals surface area contributed by atoms with Crippen LogP contribution in [0.4, 0.5) is 0 Å². The molecule has 3 rings (SSSR count). The monoisotopic (exact) mass is 452 g/mol. The van der Waals surface area contributed by atoms with Gasteiger partial charge in [0.2, 0.25) is 5.91 Å². The Morgan fingerprint density at radius 2 is 1.78 bits per heavy atom. The second-order valence-electron chi connectivity index (χ2n) is 7.28. The fourth-order valence-electron chi connectivity index (χ4n) is 3.20. The van der Waals surface area contributed by atoms with Gasteiger partial charge in [-0.15, -0.1) is 10.2 Å². The first kappa shape index (κ1) is 23.5. The van der Waals surface area contributed by atoms with Crippen LogP contribution in [0, 0.1) is 0 Å². The molecule has 3 aromatic rings. The molecule has 0 spiro atoms. The highest BCUT2D eigenvalue weighted by atomic mass is 32.2. The number of hydrogen-bond donors (Lipinski definition) is 1. The number of rotatable bonds is 11. The minimum atomic E-state index is -0.0525. The van der Waals surface area contributed by atoms with Gasteiger partial charge >= 0.3 is 0 Å². The molecule has 8 heteroatoms. The van der Waals surface area contributed by atoms with Crippen molar-refractivity contribution in [3.05, 3.63) is 65.5 Å². The summed E-state index contributed by atoms with van der Waals surface area (Å²) < 4.78 is 7.23. The number of carbonyl (C=O) groups excluding carboxylic acids is 2. The summed E-state index contributed by atoms with van der Waals surface area (Å²) >= 11 is 1.37.